The average Bonchev–Trinajstić information content (AvgIpc) is 2.47. The second kappa shape index (κ2) is 9.29. The van der Waals surface area contributed by atoms with Crippen LogP contribution in [0.25, 0.3) is 0 Å². The molecular formula is C17H28N2O. The molecule has 0 saturated carbocycles. The number of hydrogen-bond donors (Lipinski definition) is 1. The lowest BCUT2D eigenvalue weighted by molar-refractivity contribution is -0.115. The van der Waals surface area contributed by atoms with E-state index in [0.717, 1.165) is 12.0 Å². The molecule has 0 fully saturated rings. The van der Waals surface area contributed by atoms with Gasteiger partial charge in [0.1, 0.15) is 0 Å². The minimum atomic E-state index is 0.108. The van der Waals surface area contributed by atoms with Crippen molar-refractivity contribution in [1.29, 1.82) is 0 Å². The van der Waals surface area contributed by atoms with Crippen LogP contribution in [0, 0.1) is 0 Å². The van der Waals surface area contributed by atoms with E-state index in [1.807, 2.05) is 33.8 Å². The topological polar surface area (TPSA) is 55.5 Å². The van der Waals surface area contributed by atoms with Crippen molar-refractivity contribution in [3.63, 3.8) is 0 Å². The fourth-order valence-corrected chi connectivity index (χ4v) is 1.55. The smallest absolute Gasteiger partial charge is 0.160 e. The molecule has 0 radical (unpaired) electrons. The lowest BCUT2D eigenvalue weighted by Gasteiger charge is -2.08. The van der Waals surface area contributed by atoms with Crippen molar-refractivity contribution in [1.82, 2.24) is 0 Å². The summed E-state index contributed by atoms with van der Waals surface area (Å²) >= 11 is 0. The first-order valence-corrected chi connectivity index (χ1v) is 7.28. The van der Waals surface area contributed by atoms with Gasteiger partial charge in [0.25, 0.3) is 0 Å². The van der Waals surface area contributed by atoms with Gasteiger partial charge in [0.05, 0.1) is 11.5 Å². The van der Waals surface area contributed by atoms with Gasteiger partial charge in [0, 0.05) is 18.4 Å². The molecule has 0 spiro atoms. The Morgan fingerprint density at radius 3 is 2.05 bits per heavy atom. The molecule has 0 heterocycles. The number of nitrogens with zero attached hydrogens (tertiary/aromatic N) is 1. The molecule has 3 heteroatoms. The van der Waals surface area contributed by atoms with Gasteiger partial charge >= 0.3 is 0 Å². The van der Waals surface area contributed by atoms with Crippen LogP contribution < -0.4 is 5.73 Å². The van der Waals surface area contributed by atoms with E-state index in [1.165, 1.54) is 5.57 Å². The fourth-order valence-electron chi connectivity index (χ4n) is 1.55. The van der Waals surface area contributed by atoms with E-state index in [0.29, 0.717) is 29.9 Å². The Morgan fingerprint density at radius 2 is 1.60 bits per heavy atom. The maximum atomic E-state index is 11.9. The molecule has 0 bridgehead atoms. The van der Waals surface area contributed by atoms with Gasteiger partial charge in [0.15, 0.2) is 5.78 Å². The Labute approximate surface area is 123 Å². The molecule has 0 aromatic rings. The number of hydrogen-bond acceptors (Lipinski definition) is 2. The standard InChI is InChI=1S/C17H28N2O/c1-7-12(4)10-11-13(5)17(19-16(18)9-3)14(6)15(20)8-2/h10-11H,7-9H2,1-6H3,(H2,18,19)/b12-10+,13-11+,17-14-. The molecule has 0 atom stereocenters. The first-order chi connectivity index (χ1) is 9.37. The highest BCUT2D eigenvalue weighted by Gasteiger charge is 2.10. The highest BCUT2D eigenvalue weighted by atomic mass is 16.1. The minimum absolute atomic E-state index is 0.108. The average molecular weight is 276 g/mol. The van der Waals surface area contributed by atoms with E-state index >= 15 is 0 Å². The normalized spacial score (nSPS) is 15.2. The predicted molar refractivity (Wildman–Crippen MR) is 87.7 cm³/mol. The lowest BCUT2D eigenvalue weighted by atomic mass is 10.0. The summed E-state index contributed by atoms with van der Waals surface area (Å²) in [7, 11) is 0. The van der Waals surface area contributed by atoms with Crippen molar-refractivity contribution >= 4 is 11.6 Å². The van der Waals surface area contributed by atoms with E-state index in [9.17, 15) is 4.79 Å². The monoisotopic (exact) mass is 276 g/mol. The molecule has 20 heavy (non-hydrogen) atoms. The van der Waals surface area contributed by atoms with Gasteiger partial charge in [-0.25, -0.2) is 4.99 Å². The second-order valence-electron chi connectivity index (χ2n) is 4.92. The van der Waals surface area contributed by atoms with Crippen molar-refractivity contribution in [3.05, 3.63) is 34.6 Å². The Hall–Kier alpha value is -1.64. The number of allylic oxidation sites excluding steroid dienone is 5. The van der Waals surface area contributed by atoms with Crippen LogP contribution in [0.5, 0.6) is 0 Å². The van der Waals surface area contributed by atoms with Crippen LogP contribution in [0.4, 0.5) is 0 Å². The van der Waals surface area contributed by atoms with Crippen molar-refractivity contribution in [3.8, 4) is 0 Å². The molecule has 0 rings (SSSR count). The molecule has 3 nitrogen and oxygen atoms in total. The molecule has 0 aliphatic rings. The summed E-state index contributed by atoms with van der Waals surface area (Å²) in [5, 5.41) is 0. The number of ketones is 1. The van der Waals surface area contributed by atoms with E-state index in [-0.39, 0.29) is 5.78 Å². The molecular weight excluding hydrogens is 248 g/mol. The summed E-state index contributed by atoms with van der Waals surface area (Å²) < 4.78 is 0. The Morgan fingerprint density at radius 1 is 1.00 bits per heavy atom. The number of carbonyl (C=O) groups excluding carboxylic acids is 1. The Bertz CT molecular complexity index is 465. The summed E-state index contributed by atoms with van der Waals surface area (Å²) in [6, 6.07) is 0. The zero-order valence-corrected chi connectivity index (χ0v) is 13.7. The summed E-state index contributed by atoms with van der Waals surface area (Å²) in [6.45, 7) is 11.8. The zero-order valence-electron chi connectivity index (χ0n) is 13.7. The largest absolute Gasteiger partial charge is 0.387 e. The highest BCUT2D eigenvalue weighted by Crippen LogP contribution is 2.19. The summed E-state index contributed by atoms with van der Waals surface area (Å²) in [4.78, 5) is 16.3. The number of amidine groups is 1. The quantitative estimate of drug-likeness (QED) is 0.326. The first kappa shape index (κ1) is 18.4. The van der Waals surface area contributed by atoms with Gasteiger partial charge in [0.2, 0.25) is 0 Å². The number of Topliss-reactive ketones (excluding diaryl/α,β-unsaturated/α-hetero) is 1. The van der Waals surface area contributed by atoms with Crippen LogP contribution in [0.2, 0.25) is 0 Å². The molecule has 0 amide bonds. The third-order valence-corrected chi connectivity index (χ3v) is 3.26. The number of rotatable bonds is 7. The van der Waals surface area contributed by atoms with Crippen molar-refractivity contribution in [2.24, 2.45) is 10.7 Å². The lowest BCUT2D eigenvalue weighted by Crippen LogP contribution is -2.11. The number of carbonyl (C=O) groups is 1. The van der Waals surface area contributed by atoms with E-state index in [4.69, 9.17) is 5.73 Å². The van der Waals surface area contributed by atoms with E-state index < -0.39 is 0 Å². The van der Waals surface area contributed by atoms with Gasteiger partial charge in [-0.05, 0) is 32.8 Å². The zero-order chi connectivity index (χ0) is 15.7. The van der Waals surface area contributed by atoms with Gasteiger partial charge in [-0.1, -0.05) is 38.5 Å². The van der Waals surface area contributed by atoms with Gasteiger partial charge < -0.3 is 5.73 Å². The van der Waals surface area contributed by atoms with Crippen molar-refractivity contribution in [2.75, 3.05) is 0 Å². The van der Waals surface area contributed by atoms with Crippen LogP contribution >= 0.6 is 0 Å². The third-order valence-electron chi connectivity index (χ3n) is 3.26. The summed E-state index contributed by atoms with van der Waals surface area (Å²) in [6.07, 6.45) is 6.24. The predicted octanol–water partition coefficient (Wildman–Crippen LogP) is 4.31. The maximum Gasteiger partial charge on any atom is 0.160 e. The van der Waals surface area contributed by atoms with Crippen LogP contribution in [0.3, 0.4) is 0 Å². The third kappa shape index (κ3) is 6.00. The molecule has 0 aromatic heterocycles. The van der Waals surface area contributed by atoms with Crippen LogP contribution in [0.1, 0.15) is 60.8 Å². The van der Waals surface area contributed by atoms with Crippen LogP contribution in [-0.2, 0) is 4.79 Å². The van der Waals surface area contributed by atoms with Gasteiger partial charge in [-0.15, -0.1) is 0 Å². The fraction of sp³-hybridized carbons (Fsp3) is 0.529. The summed E-state index contributed by atoms with van der Waals surface area (Å²) in [5.74, 6) is 0.656. The molecule has 0 aliphatic carbocycles. The van der Waals surface area contributed by atoms with E-state index in [1.54, 1.807) is 0 Å². The van der Waals surface area contributed by atoms with Gasteiger partial charge in [-0.3, -0.25) is 4.79 Å². The molecule has 0 aromatic carbocycles. The number of nitrogens with two attached hydrogens (primary N) is 1. The molecule has 112 valence electrons. The first-order valence-electron chi connectivity index (χ1n) is 7.28. The molecule has 2 N–H and O–H groups in total. The molecule has 0 aliphatic heterocycles. The maximum absolute atomic E-state index is 11.9. The number of aliphatic imine (C=N–C) groups is 1. The summed E-state index contributed by atoms with van der Waals surface area (Å²) in [5.41, 5.74) is 9.47. The Kier molecular flexibility index (Phi) is 8.53. The van der Waals surface area contributed by atoms with Crippen molar-refractivity contribution < 1.29 is 4.79 Å². The highest BCUT2D eigenvalue weighted by molar-refractivity contribution is 5.96. The van der Waals surface area contributed by atoms with E-state index in [2.05, 4.69) is 24.9 Å². The van der Waals surface area contributed by atoms with Crippen molar-refractivity contribution in [2.45, 2.75) is 60.8 Å². The SMILES string of the molecule is CCC(=O)/C(C)=C(\N=C(/N)CC)C(/C)=C/C=C(\C)CC. The molecule has 0 unspecified atom stereocenters. The van der Waals surface area contributed by atoms with Crippen LogP contribution in [-0.4, -0.2) is 11.6 Å². The minimum Gasteiger partial charge on any atom is -0.387 e. The Balaban J connectivity index is 5.73. The van der Waals surface area contributed by atoms with Crippen LogP contribution in [0.15, 0.2) is 39.6 Å². The molecule has 0 saturated heterocycles. The second-order valence-corrected chi connectivity index (χ2v) is 4.92. The van der Waals surface area contributed by atoms with Gasteiger partial charge in [-0.2, -0.15) is 0 Å².